The van der Waals surface area contributed by atoms with Gasteiger partial charge < -0.3 is 5.11 Å². The molecule has 14 heavy (non-hydrogen) atoms. The van der Waals surface area contributed by atoms with Crippen molar-refractivity contribution in [2.24, 2.45) is 5.92 Å². The van der Waals surface area contributed by atoms with Gasteiger partial charge in [-0.25, -0.2) is 0 Å². The van der Waals surface area contributed by atoms with Crippen molar-refractivity contribution in [3.63, 3.8) is 0 Å². The number of aliphatic hydroxyl groups excluding tert-OH is 1. The summed E-state index contributed by atoms with van der Waals surface area (Å²) in [6, 6.07) is 0. The highest BCUT2D eigenvalue weighted by Gasteiger charge is 2.27. The van der Waals surface area contributed by atoms with Gasteiger partial charge in [0.1, 0.15) is 0 Å². The first-order chi connectivity index (χ1) is 6.88. The third-order valence-corrected chi connectivity index (χ3v) is 3.80. The number of aliphatic hydroxyl groups is 1. The van der Waals surface area contributed by atoms with Gasteiger partial charge >= 0.3 is 0 Å². The first kappa shape index (κ1) is 10.2. The van der Waals surface area contributed by atoms with Crippen molar-refractivity contribution in [3.05, 3.63) is 11.6 Å². The summed E-state index contributed by atoms with van der Waals surface area (Å²) in [5, 5.41) is 10.1. The van der Waals surface area contributed by atoms with Gasteiger partial charge in [0.2, 0.25) is 0 Å². The van der Waals surface area contributed by atoms with Crippen LogP contribution in [0.5, 0.6) is 0 Å². The summed E-state index contributed by atoms with van der Waals surface area (Å²) >= 11 is 0. The van der Waals surface area contributed by atoms with E-state index < -0.39 is 0 Å². The fourth-order valence-corrected chi connectivity index (χ4v) is 2.54. The van der Waals surface area contributed by atoms with Crippen molar-refractivity contribution < 1.29 is 5.11 Å². The van der Waals surface area contributed by atoms with E-state index in [9.17, 15) is 5.11 Å². The smallest absolute Gasteiger partial charge is 0.0778 e. The highest BCUT2D eigenvalue weighted by atomic mass is 16.3. The van der Waals surface area contributed by atoms with Gasteiger partial charge in [0.05, 0.1) is 6.10 Å². The molecule has 0 amide bonds. The molecule has 80 valence electrons. The standard InChI is InChI=1S/C13H22O/c14-13(12-9-6-10-12)11-7-4-2-1-3-5-8-11/h7,12-14H,1-6,8-10H2. The fourth-order valence-electron chi connectivity index (χ4n) is 2.54. The maximum atomic E-state index is 10.1. The highest BCUT2D eigenvalue weighted by molar-refractivity contribution is 5.11. The van der Waals surface area contributed by atoms with Gasteiger partial charge in [0.15, 0.2) is 0 Å². The maximum absolute atomic E-state index is 10.1. The Morgan fingerprint density at radius 3 is 2.57 bits per heavy atom. The molecule has 2 rings (SSSR count). The van der Waals surface area contributed by atoms with Crippen molar-refractivity contribution in [1.29, 1.82) is 0 Å². The average Bonchev–Trinajstić information content (AvgIpc) is 1.99. The lowest BCUT2D eigenvalue weighted by Gasteiger charge is -2.32. The zero-order valence-electron chi connectivity index (χ0n) is 9.04. The summed E-state index contributed by atoms with van der Waals surface area (Å²) in [6.07, 6.45) is 13.7. The first-order valence-corrected chi connectivity index (χ1v) is 6.25. The van der Waals surface area contributed by atoms with E-state index in [1.54, 1.807) is 0 Å². The van der Waals surface area contributed by atoms with Crippen LogP contribution in [0.2, 0.25) is 0 Å². The lowest BCUT2D eigenvalue weighted by molar-refractivity contribution is 0.0876. The second-order valence-corrected chi connectivity index (χ2v) is 4.87. The topological polar surface area (TPSA) is 20.2 Å². The molecule has 1 N–H and O–H groups in total. The molecule has 1 heteroatoms. The van der Waals surface area contributed by atoms with Crippen LogP contribution in [0.15, 0.2) is 11.6 Å². The molecule has 0 aliphatic heterocycles. The van der Waals surface area contributed by atoms with E-state index >= 15 is 0 Å². The Bertz CT molecular complexity index is 203. The van der Waals surface area contributed by atoms with E-state index in [0.29, 0.717) is 5.92 Å². The number of hydrogen-bond donors (Lipinski definition) is 1. The van der Waals surface area contributed by atoms with Gasteiger partial charge in [0, 0.05) is 0 Å². The highest BCUT2D eigenvalue weighted by Crippen LogP contribution is 2.34. The first-order valence-electron chi connectivity index (χ1n) is 6.25. The zero-order chi connectivity index (χ0) is 9.80. The van der Waals surface area contributed by atoms with Crippen molar-refractivity contribution in [2.45, 2.75) is 63.9 Å². The van der Waals surface area contributed by atoms with Gasteiger partial charge in [-0.1, -0.05) is 25.3 Å². The second-order valence-electron chi connectivity index (χ2n) is 4.87. The summed E-state index contributed by atoms with van der Waals surface area (Å²) in [5.41, 5.74) is 1.36. The molecule has 0 heterocycles. The molecule has 0 radical (unpaired) electrons. The molecule has 0 aromatic carbocycles. The van der Waals surface area contributed by atoms with E-state index in [-0.39, 0.29) is 6.10 Å². The molecular formula is C13H22O. The Hall–Kier alpha value is -0.300. The van der Waals surface area contributed by atoms with Gasteiger partial charge in [-0.05, 0) is 50.0 Å². The number of allylic oxidation sites excluding steroid dienone is 1. The van der Waals surface area contributed by atoms with Crippen molar-refractivity contribution in [3.8, 4) is 0 Å². The molecular weight excluding hydrogens is 172 g/mol. The lowest BCUT2D eigenvalue weighted by Crippen LogP contribution is -2.28. The number of rotatable bonds is 2. The minimum absolute atomic E-state index is 0.0955. The minimum Gasteiger partial charge on any atom is -0.388 e. The number of hydrogen-bond acceptors (Lipinski definition) is 1. The molecule has 1 unspecified atom stereocenters. The Morgan fingerprint density at radius 1 is 1.07 bits per heavy atom. The van der Waals surface area contributed by atoms with Crippen molar-refractivity contribution in [1.82, 2.24) is 0 Å². The van der Waals surface area contributed by atoms with Crippen LogP contribution in [0, 0.1) is 5.92 Å². The van der Waals surface area contributed by atoms with Crippen molar-refractivity contribution >= 4 is 0 Å². The van der Waals surface area contributed by atoms with Gasteiger partial charge in [-0.3, -0.25) is 0 Å². The normalized spacial score (nSPS) is 27.1. The summed E-state index contributed by atoms with van der Waals surface area (Å²) in [7, 11) is 0. The molecule has 2 aliphatic rings. The van der Waals surface area contributed by atoms with Crippen LogP contribution < -0.4 is 0 Å². The van der Waals surface area contributed by atoms with Crippen LogP contribution >= 0.6 is 0 Å². The van der Waals surface area contributed by atoms with Gasteiger partial charge in [-0.2, -0.15) is 0 Å². The molecule has 0 bridgehead atoms. The van der Waals surface area contributed by atoms with Crippen LogP contribution in [-0.4, -0.2) is 11.2 Å². The third-order valence-electron chi connectivity index (χ3n) is 3.80. The predicted molar refractivity (Wildman–Crippen MR) is 59.1 cm³/mol. The SMILES string of the molecule is OC(C1=CCCCCCC1)C1CCC1. The molecule has 1 fully saturated rings. The van der Waals surface area contributed by atoms with Crippen molar-refractivity contribution in [2.75, 3.05) is 0 Å². The lowest BCUT2D eigenvalue weighted by atomic mass is 9.77. The molecule has 0 saturated heterocycles. The molecule has 0 aromatic rings. The van der Waals surface area contributed by atoms with E-state index in [4.69, 9.17) is 0 Å². The Labute approximate surface area is 87.2 Å². The molecule has 2 aliphatic carbocycles. The quantitative estimate of drug-likeness (QED) is 0.668. The zero-order valence-corrected chi connectivity index (χ0v) is 9.04. The molecule has 1 saturated carbocycles. The largest absolute Gasteiger partial charge is 0.388 e. The minimum atomic E-state index is -0.0955. The summed E-state index contributed by atoms with van der Waals surface area (Å²) < 4.78 is 0. The molecule has 1 nitrogen and oxygen atoms in total. The molecule has 0 aromatic heterocycles. The van der Waals surface area contributed by atoms with Crippen LogP contribution in [0.3, 0.4) is 0 Å². The maximum Gasteiger partial charge on any atom is 0.0778 e. The fraction of sp³-hybridized carbons (Fsp3) is 0.846. The second kappa shape index (κ2) is 4.97. The predicted octanol–water partition coefficient (Wildman–Crippen LogP) is 3.43. The Kier molecular flexibility index (Phi) is 3.63. The van der Waals surface area contributed by atoms with E-state index in [0.717, 1.165) is 6.42 Å². The van der Waals surface area contributed by atoms with Gasteiger partial charge in [0.25, 0.3) is 0 Å². The van der Waals surface area contributed by atoms with E-state index in [2.05, 4.69) is 6.08 Å². The summed E-state index contributed by atoms with van der Waals surface area (Å²) in [6.45, 7) is 0. The monoisotopic (exact) mass is 194 g/mol. The molecule has 0 spiro atoms. The molecule has 1 atom stereocenters. The summed E-state index contributed by atoms with van der Waals surface area (Å²) in [5.74, 6) is 0.598. The van der Waals surface area contributed by atoms with Crippen LogP contribution in [0.4, 0.5) is 0 Å². The van der Waals surface area contributed by atoms with Crippen LogP contribution in [0.1, 0.15) is 57.8 Å². The summed E-state index contributed by atoms with van der Waals surface area (Å²) in [4.78, 5) is 0. The van der Waals surface area contributed by atoms with E-state index in [1.165, 1.54) is 56.9 Å². The third kappa shape index (κ3) is 2.38. The van der Waals surface area contributed by atoms with Crippen LogP contribution in [-0.2, 0) is 0 Å². The Morgan fingerprint density at radius 2 is 1.86 bits per heavy atom. The average molecular weight is 194 g/mol. The van der Waals surface area contributed by atoms with E-state index in [1.807, 2.05) is 0 Å². The Balaban J connectivity index is 1.91. The van der Waals surface area contributed by atoms with Gasteiger partial charge in [-0.15, -0.1) is 0 Å². The van der Waals surface area contributed by atoms with Crippen LogP contribution in [0.25, 0.3) is 0 Å².